The molecule has 0 N–H and O–H groups in total. The summed E-state index contributed by atoms with van der Waals surface area (Å²) >= 11 is 0. The van der Waals surface area contributed by atoms with Crippen LogP contribution in [0.1, 0.15) is 309 Å². The van der Waals surface area contributed by atoms with E-state index in [0.29, 0.717) is 0 Å². The standard InChI is InChI=1S/2C25H50O2.Ca/c2*1-2-3-4-5-6-7-8-9-10-11-12-13-14-15-16-17-18-19-20-21-22-23-24-25(26)27;/h2*2-24H2,1H3,(H,26,27);/q;;+2/p-2. The summed E-state index contributed by atoms with van der Waals surface area (Å²) in [6.07, 6.45) is 60.4. The summed E-state index contributed by atoms with van der Waals surface area (Å²) in [5, 5.41) is 20.6. The Morgan fingerprint density at radius 3 is 0.455 bits per heavy atom. The fourth-order valence-corrected chi connectivity index (χ4v) is 7.76. The molecule has 0 aliphatic rings. The average Bonchev–Trinajstić information content (AvgIpc) is 3.15. The second-order valence-electron chi connectivity index (χ2n) is 17.1. The first-order valence-corrected chi connectivity index (χ1v) is 24.9. The van der Waals surface area contributed by atoms with E-state index in [1.165, 1.54) is 257 Å². The third-order valence-corrected chi connectivity index (χ3v) is 11.5. The van der Waals surface area contributed by atoms with Crippen LogP contribution in [-0.4, -0.2) is 49.7 Å². The zero-order valence-corrected chi connectivity index (χ0v) is 40.1. The van der Waals surface area contributed by atoms with E-state index >= 15 is 0 Å². The van der Waals surface area contributed by atoms with Gasteiger partial charge < -0.3 is 19.8 Å². The number of hydrogen-bond donors (Lipinski definition) is 0. The normalized spacial score (nSPS) is 10.9. The Kier molecular flexibility index (Phi) is 60.9. The zero-order chi connectivity index (χ0) is 39.7. The summed E-state index contributed by atoms with van der Waals surface area (Å²) in [5.41, 5.74) is 0. The summed E-state index contributed by atoms with van der Waals surface area (Å²) < 4.78 is 0. The van der Waals surface area contributed by atoms with Crippen LogP contribution in [0.4, 0.5) is 0 Å². The maximum atomic E-state index is 10.3. The Balaban J connectivity index is -0.000000966. The fourth-order valence-electron chi connectivity index (χ4n) is 7.76. The molecule has 0 atom stereocenters. The fraction of sp³-hybridized carbons (Fsp3) is 0.960. The van der Waals surface area contributed by atoms with Gasteiger partial charge >= 0.3 is 37.7 Å². The summed E-state index contributed by atoms with van der Waals surface area (Å²) in [4.78, 5) is 20.6. The topological polar surface area (TPSA) is 80.3 Å². The molecule has 4 nitrogen and oxygen atoms in total. The first-order valence-electron chi connectivity index (χ1n) is 24.9. The molecule has 0 rings (SSSR count). The van der Waals surface area contributed by atoms with Crippen molar-refractivity contribution >= 4 is 49.7 Å². The molecule has 5 heteroatoms. The van der Waals surface area contributed by atoms with Crippen LogP contribution < -0.4 is 10.2 Å². The molecule has 0 saturated carbocycles. The van der Waals surface area contributed by atoms with Gasteiger partial charge in [-0.2, -0.15) is 0 Å². The number of carboxylic acids is 2. The summed E-state index contributed by atoms with van der Waals surface area (Å²) in [7, 11) is 0. The van der Waals surface area contributed by atoms with E-state index < -0.39 is 11.9 Å². The van der Waals surface area contributed by atoms with E-state index in [1.54, 1.807) is 0 Å². The van der Waals surface area contributed by atoms with Crippen LogP contribution >= 0.6 is 0 Å². The van der Waals surface area contributed by atoms with Gasteiger partial charge in [0.15, 0.2) is 0 Å². The van der Waals surface area contributed by atoms with Crippen LogP contribution in [0, 0.1) is 0 Å². The van der Waals surface area contributed by atoms with E-state index in [2.05, 4.69) is 13.8 Å². The quantitative estimate of drug-likeness (QED) is 0.0453. The molecule has 0 heterocycles. The van der Waals surface area contributed by atoms with Gasteiger partial charge in [0.25, 0.3) is 0 Å². The molecular formula is C50H98CaO4. The van der Waals surface area contributed by atoms with Gasteiger partial charge in [-0.1, -0.05) is 284 Å². The Morgan fingerprint density at radius 2 is 0.345 bits per heavy atom. The minimum atomic E-state index is -0.900. The van der Waals surface area contributed by atoms with Crippen molar-refractivity contribution in [3.05, 3.63) is 0 Å². The molecule has 0 saturated heterocycles. The number of carbonyl (C=O) groups is 2. The molecule has 0 aromatic heterocycles. The van der Waals surface area contributed by atoms with Gasteiger partial charge in [0.2, 0.25) is 0 Å². The predicted octanol–water partition coefficient (Wildman–Crippen LogP) is 15.1. The molecule has 0 unspecified atom stereocenters. The van der Waals surface area contributed by atoms with Crippen LogP contribution in [0.2, 0.25) is 0 Å². The van der Waals surface area contributed by atoms with E-state index in [-0.39, 0.29) is 50.6 Å². The summed E-state index contributed by atoms with van der Waals surface area (Å²) in [6.45, 7) is 4.58. The van der Waals surface area contributed by atoms with Crippen molar-refractivity contribution in [2.24, 2.45) is 0 Å². The maximum absolute atomic E-state index is 10.3. The molecule has 55 heavy (non-hydrogen) atoms. The molecule has 0 bridgehead atoms. The Hall–Kier alpha value is 0.200. The number of rotatable bonds is 46. The molecular weight excluding hydrogens is 705 g/mol. The van der Waals surface area contributed by atoms with Gasteiger partial charge in [0, 0.05) is 11.9 Å². The molecule has 0 aliphatic carbocycles. The van der Waals surface area contributed by atoms with Crippen LogP contribution in [-0.2, 0) is 9.59 Å². The Morgan fingerprint density at radius 1 is 0.236 bits per heavy atom. The molecule has 324 valence electrons. The Bertz CT molecular complexity index is 641. The summed E-state index contributed by atoms with van der Waals surface area (Å²) in [5.74, 6) is -1.80. The van der Waals surface area contributed by atoms with Gasteiger partial charge in [0.05, 0.1) is 0 Å². The second kappa shape index (κ2) is 56.3. The van der Waals surface area contributed by atoms with Crippen LogP contribution in [0.25, 0.3) is 0 Å². The van der Waals surface area contributed by atoms with E-state index in [1.807, 2.05) is 0 Å². The first kappa shape index (κ1) is 59.5. The second-order valence-corrected chi connectivity index (χ2v) is 17.1. The van der Waals surface area contributed by atoms with Gasteiger partial charge in [-0.3, -0.25) is 0 Å². The number of aliphatic carboxylic acids is 2. The number of carbonyl (C=O) groups excluding carboxylic acids is 2. The Labute approximate surface area is 376 Å². The SMILES string of the molecule is CCCCCCCCCCCCCCCCCCCCCCCCC(=O)[O-].CCCCCCCCCCCCCCCCCCCCCCCCC(=O)[O-].[Ca+2]. The maximum Gasteiger partial charge on any atom is 2.00 e. The smallest absolute Gasteiger partial charge is 0.550 e. The van der Waals surface area contributed by atoms with Gasteiger partial charge in [-0.05, 0) is 25.7 Å². The van der Waals surface area contributed by atoms with E-state index in [9.17, 15) is 19.8 Å². The largest absolute Gasteiger partial charge is 2.00 e. The van der Waals surface area contributed by atoms with Gasteiger partial charge in [0.1, 0.15) is 0 Å². The van der Waals surface area contributed by atoms with Crippen LogP contribution in [0.15, 0.2) is 0 Å². The predicted molar refractivity (Wildman–Crippen MR) is 239 cm³/mol. The minimum Gasteiger partial charge on any atom is -0.550 e. The third kappa shape index (κ3) is 63.6. The van der Waals surface area contributed by atoms with Crippen molar-refractivity contribution in [2.75, 3.05) is 0 Å². The molecule has 0 fully saturated rings. The molecule has 0 aliphatic heterocycles. The third-order valence-electron chi connectivity index (χ3n) is 11.5. The average molecular weight is 803 g/mol. The van der Waals surface area contributed by atoms with Gasteiger partial charge in [-0.25, -0.2) is 0 Å². The van der Waals surface area contributed by atoms with Crippen molar-refractivity contribution < 1.29 is 19.8 Å². The van der Waals surface area contributed by atoms with E-state index in [0.717, 1.165) is 25.7 Å². The van der Waals surface area contributed by atoms with E-state index in [4.69, 9.17) is 0 Å². The minimum absolute atomic E-state index is 0. The molecule has 0 aromatic carbocycles. The zero-order valence-electron chi connectivity index (χ0n) is 37.9. The van der Waals surface area contributed by atoms with Crippen LogP contribution in [0.3, 0.4) is 0 Å². The molecule has 0 spiro atoms. The number of unbranched alkanes of at least 4 members (excludes halogenated alkanes) is 42. The molecule has 0 radical (unpaired) electrons. The van der Waals surface area contributed by atoms with Crippen LogP contribution in [0.5, 0.6) is 0 Å². The number of carboxylic acid groups (broad SMARTS) is 2. The van der Waals surface area contributed by atoms with Crippen molar-refractivity contribution in [2.45, 2.75) is 309 Å². The van der Waals surface area contributed by atoms with Crippen molar-refractivity contribution in [1.82, 2.24) is 0 Å². The van der Waals surface area contributed by atoms with Gasteiger partial charge in [-0.15, -0.1) is 0 Å². The monoisotopic (exact) mass is 803 g/mol. The van der Waals surface area contributed by atoms with Crippen molar-refractivity contribution in [3.8, 4) is 0 Å². The molecule has 0 amide bonds. The van der Waals surface area contributed by atoms with Crippen molar-refractivity contribution in [3.63, 3.8) is 0 Å². The number of hydrogen-bond acceptors (Lipinski definition) is 4. The summed E-state index contributed by atoms with van der Waals surface area (Å²) in [6, 6.07) is 0. The first-order chi connectivity index (χ1) is 26.5. The van der Waals surface area contributed by atoms with Crippen molar-refractivity contribution in [1.29, 1.82) is 0 Å². The molecule has 0 aromatic rings.